The van der Waals surface area contributed by atoms with Gasteiger partial charge in [0.05, 0.1) is 11.1 Å². The Morgan fingerprint density at radius 2 is 1.63 bits per heavy atom. The van der Waals surface area contributed by atoms with E-state index < -0.39 is 11.2 Å². The van der Waals surface area contributed by atoms with Crippen molar-refractivity contribution in [2.45, 2.75) is 59.2 Å². The number of hydrogen-bond acceptors (Lipinski definition) is 7. The number of carbonyl (C=O) groups is 2. The Bertz CT molecular complexity index is 1030. The Labute approximate surface area is 209 Å². The third kappa shape index (κ3) is 7.82. The summed E-state index contributed by atoms with van der Waals surface area (Å²) in [6.45, 7) is 16.2. The summed E-state index contributed by atoms with van der Waals surface area (Å²) in [5, 5.41) is 0.796. The molecule has 1 aliphatic rings. The van der Waals surface area contributed by atoms with Gasteiger partial charge in [0.25, 0.3) is 0 Å². The standard InChI is InChI=1S/C27H40N4O4/c1-26(2,3)34-24(32)21-11-12-28-23-10-9-20(19-22(21)23)29(7)13-8-14-30-15-17-31(18-16-30)25(33)35-27(4,5)6/h9-12,19H,8,13-18H2,1-7H3. The lowest BCUT2D eigenvalue weighted by molar-refractivity contribution is 0.00701. The van der Waals surface area contributed by atoms with Crippen LogP contribution in [0, 0.1) is 0 Å². The predicted molar refractivity (Wildman–Crippen MR) is 139 cm³/mol. The van der Waals surface area contributed by atoms with Gasteiger partial charge in [-0.15, -0.1) is 0 Å². The van der Waals surface area contributed by atoms with E-state index >= 15 is 0 Å². The van der Waals surface area contributed by atoms with Gasteiger partial charge in [-0.2, -0.15) is 0 Å². The Hall–Kier alpha value is -2.87. The van der Waals surface area contributed by atoms with Crippen LogP contribution in [0.2, 0.25) is 0 Å². The van der Waals surface area contributed by atoms with E-state index in [1.165, 1.54) is 0 Å². The van der Waals surface area contributed by atoms with E-state index in [4.69, 9.17) is 9.47 Å². The number of aromatic nitrogens is 1. The second-order valence-corrected chi connectivity index (χ2v) is 11.1. The van der Waals surface area contributed by atoms with Crippen molar-refractivity contribution in [1.29, 1.82) is 0 Å². The van der Waals surface area contributed by atoms with Gasteiger partial charge in [-0.1, -0.05) is 0 Å². The minimum absolute atomic E-state index is 0.228. The molecule has 2 aromatic rings. The molecule has 0 N–H and O–H groups in total. The first-order chi connectivity index (χ1) is 16.3. The summed E-state index contributed by atoms with van der Waals surface area (Å²) < 4.78 is 11.1. The molecule has 0 aliphatic carbocycles. The number of benzene rings is 1. The molecule has 0 unspecified atom stereocenters. The normalized spacial score (nSPS) is 15.2. The average Bonchev–Trinajstić information content (AvgIpc) is 2.76. The number of ether oxygens (including phenoxy) is 2. The smallest absolute Gasteiger partial charge is 0.410 e. The third-order valence-corrected chi connectivity index (χ3v) is 5.78. The predicted octanol–water partition coefficient (Wildman–Crippen LogP) is 4.57. The number of pyridine rings is 1. The van der Waals surface area contributed by atoms with Crippen molar-refractivity contribution in [2.75, 3.05) is 51.2 Å². The van der Waals surface area contributed by atoms with Gasteiger partial charge in [-0.05, 0) is 78.8 Å². The molecule has 2 heterocycles. The number of esters is 1. The van der Waals surface area contributed by atoms with Crippen LogP contribution in [0.15, 0.2) is 30.5 Å². The third-order valence-electron chi connectivity index (χ3n) is 5.78. The first-order valence-corrected chi connectivity index (χ1v) is 12.4. The van der Waals surface area contributed by atoms with E-state index in [1.54, 1.807) is 17.2 Å². The van der Waals surface area contributed by atoms with Crippen LogP contribution in [0.25, 0.3) is 10.9 Å². The fourth-order valence-electron chi connectivity index (χ4n) is 4.02. The molecule has 1 aliphatic heterocycles. The van der Waals surface area contributed by atoms with Crippen molar-refractivity contribution in [2.24, 2.45) is 0 Å². The fourth-order valence-corrected chi connectivity index (χ4v) is 4.02. The Kier molecular flexibility index (Phi) is 8.26. The molecule has 8 heteroatoms. The van der Waals surface area contributed by atoms with E-state index in [0.717, 1.165) is 49.2 Å². The van der Waals surface area contributed by atoms with Crippen molar-refractivity contribution in [3.05, 3.63) is 36.0 Å². The first kappa shape index (κ1) is 26.7. The summed E-state index contributed by atoms with van der Waals surface area (Å²) in [6.07, 6.45) is 2.41. The van der Waals surface area contributed by atoms with Crippen molar-refractivity contribution in [3.63, 3.8) is 0 Å². The summed E-state index contributed by atoms with van der Waals surface area (Å²) in [5.74, 6) is -0.338. The van der Waals surface area contributed by atoms with Crippen LogP contribution in [-0.2, 0) is 9.47 Å². The molecule has 1 aromatic heterocycles. The van der Waals surface area contributed by atoms with Crippen molar-refractivity contribution < 1.29 is 19.1 Å². The highest BCUT2D eigenvalue weighted by atomic mass is 16.6. The molecule has 0 spiro atoms. The molecular weight excluding hydrogens is 444 g/mol. The van der Waals surface area contributed by atoms with Crippen LogP contribution in [0.4, 0.5) is 10.5 Å². The molecular formula is C27H40N4O4. The lowest BCUT2D eigenvalue weighted by atomic mass is 10.1. The Balaban J connectivity index is 1.54. The highest BCUT2D eigenvalue weighted by Crippen LogP contribution is 2.25. The maximum atomic E-state index is 12.7. The summed E-state index contributed by atoms with van der Waals surface area (Å²) in [7, 11) is 2.06. The summed E-state index contributed by atoms with van der Waals surface area (Å²) in [6, 6.07) is 7.72. The summed E-state index contributed by atoms with van der Waals surface area (Å²) >= 11 is 0. The SMILES string of the molecule is CN(CCCN1CCN(C(=O)OC(C)(C)C)CC1)c1ccc2nccc(C(=O)OC(C)(C)C)c2c1. The number of fused-ring (bicyclic) bond motifs is 1. The highest BCUT2D eigenvalue weighted by molar-refractivity contribution is 6.04. The van der Waals surface area contributed by atoms with Gasteiger partial charge in [0, 0.05) is 57.0 Å². The fraction of sp³-hybridized carbons (Fsp3) is 0.593. The summed E-state index contributed by atoms with van der Waals surface area (Å²) in [5.41, 5.74) is 1.31. The van der Waals surface area contributed by atoms with Gasteiger partial charge in [-0.3, -0.25) is 9.88 Å². The highest BCUT2D eigenvalue weighted by Gasteiger charge is 2.25. The number of amides is 1. The zero-order valence-corrected chi connectivity index (χ0v) is 22.3. The monoisotopic (exact) mass is 484 g/mol. The largest absolute Gasteiger partial charge is 0.456 e. The minimum atomic E-state index is -0.556. The molecule has 3 rings (SSSR count). The first-order valence-electron chi connectivity index (χ1n) is 12.4. The molecule has 0 atom stereocenters. The van der Waals surface area contributed by atoms with Crippen LogP contribution in [0.3, 0.4) is 0 Å². The molecule has 0 radical (unpaired) electrons. The zero-order valence-electron chi connectivity index (χ0n) is 22.3. The van der Waals surface area contributed by atoms with Crippen molar-refractivity contribution >= 4 is 28.7 Å². The molecule has 35 heavy (non-hydrogen) atoms. The van der Waals surface area contributed by atoms with Crippen LogP contribution in [0.1, 0.15) is 58.3 Å². The van der Waals surface area contributed by atoms with Crippen LogP contribution < -0.4 is 4.90 Å². The maximum Gasteiger partial charge on any atom is 0.410 e. The minimum Gasteiger partial charge on any atom is -0.456 e. The van der Waals surface area contributed by atoms with Crippen molar-refractivity contribution in [1.82, 2.24) is 14.8 Å². The Morgan fingerprint density at radius 3 is 2.26 bits per heavy atom. The number of rotatable bonds is 6. The van der Waals surface area contributed by atoms with Gasteiger partial charge in [0.1, 0.15) is 11.2 Å². The van der Waals surface area contributed by atoms with E-state index in [-0.39, 0.29) is 12.1 Å². The van der Waals surface area contributed by atoms with E-state index in [2.05, 4.69) is 21.8 Å². The molecule has 0 saturated carbocycles. The molecule has 1 aromatic carbocycles. The lowest BCUT2D eigenvalue weighted by Gasteiger charge is -2.35. The van der Waals surface area contributed by atoms with E-state index in [0.29, 0.717) is 18.7 Å². The molecule has 1 amide bonds. The maximum absolute atomic E-state index is 12.7. The number of hydrogen-bond donors (Lipinski definition) is 0. The topological polar surface area (TPSA) is 75.2 Å². The molecule has 1 saturated heterocycles. The van der Waals surface area contributed by atoms with Gasteiger partial charge < -0.3 is 19.3 Å². The molecule has 1 fully saturated rings. The summed E-state index contributed by atoms with van der Waals surface area (Å²) in [4.78, 5) is 35.8. The van der Waals surface area contributed by atoms with Gasteiger partial charge in [0.2, 0.25) is 0 Å². The van der Waals surface area contributed by atoms with Gasteiger partial charge >= 0.3 is 12.1 Å². The zero-order chi connectivity index (χ0) is 25.8. The van der Waals surface area contributed by atoms with E-state index in [9.17, 15) is 9.59 Å². The Morgan fingerprint density at radius 1 is 0.971 bits per heavy atom. The van der Waals surface area contributed by atoms with Crippen LogP contribution >= 0.6 is 0 Å². The number of piperazine rings is 1. The number of anilines is 1. The number of nitrogens with zero attached hydrogens (tertiary/aromatic N) is 4. The quantitative estimate of drug-likeness (QED) is 0.556. The van der Waals surface area contributed by atoms with Crippen LogP contribution in [0.5, 0.6) is 0 Å². The molecule has 192 valence electrons. The van der Waals surface area contributed by atoms with Crippen molar-refractivity contribution in [3.8, 4) is 0 Å². The number of carbonyl (C=O) groups excluding carboxylic acids is 2. The van der Waals surface area contributed by atoms with Gasteiger partial charge in [0.15, 0.2) is 0 Å². The lowest BCUT2D eigenvalue weighted by Crippen LogP contribution is -2.50. The second kappa shape index (κ2) is 10.8. The van der Waals surface area contributed by atoms with Gasteiger partial charge in [-0.25, -0.2) is 9.59 Å². The van der Waals surface area contributed by atoms with E-state index in [1.807, 2.05) is 59.7 Å². The van der Waals surface area contributed by atoms with Crippen LogP contribution in [-0.4, -0.2) is 84.4 Å². The molecule has 0 bridgehead atoms. The average molecular weight is 485 g/mol. The molecule has 8 nitrogen and oxygen atoms in total. The second-order valence-electron chi connectivity index (χ2n) is 11.1.